The smallest absolute Gasteiger partial charge is 0.252 e. The number of ether oxygens (including phenoxy) is 1. The van der Waals surface area contributed by atoms with Crippen molar-refractivity contribution >= 4 is 33.0 Å². The van der Waals surface area contributed by atoms with Gasteiger partial charge in [-0.25, -0.2) is 12.8 Å². The minimum absolute atomic E-state index is 0.0779. The van der Waals surface area contributed by atoms with Crippen molar-refractivity contribution in [2.45, 2.75) is 36.5 Å². The van der Waals surface area contributed by atoms with E-state index in [2.05, 4.69) is 5.32 Å². The van der Waals surface area contributed by atoms with Crippen LogP contribution in [0.2, 0.25) is 0 Å². The van der Waals surface area contributed by atoms with Crippen molar-refractivity contribution in [2.75, 3.05) is 18.4 Å². The number of nitrogens with one attached hydrogen (secondary N) is 1. The Bertz CT molecular complexity index is 1220. The molecule has 0 spiro atoms. The fourth-order valence-corrected chi connectivity index (χ4v) is 6.67. The van der Waals surface area contributed by atoms with Crippen LogP contribution in [0.15, 0.2) is 64.9 Å². The molecule has 174 valence electrons. The van der Waals surface area contributed by atoms with Crippen LogP contribution in [-0.2, 0) is 27.8 Å². The molecule has 33 heavy (non-hydrogen) atoms. The van der Waals surface area contributed by atoms with E-state index in [-0.39, 0.29) is 29.0 Å². The average molecular weight is 489 g/mol. The van der Waals surface area contributed by atoms with Gasteiger partial charge in [0, 0.05) is 29.7 Å². The van der Waals surface area contributed by atoms with Crippen LogP contribution in [0.4, 0.5) is 10.1 Å². The third kappa shape index (κ3) is 6.19. The summed E-state index contributed by atoms with van der Waals surface area (Å²) in [5.74, 6) is -0.0262. The van der Waals surface area contributed by atoms with Crippen LogP contribution in [0.25, 0.3) is 0 Å². The van der Waals surface area contributed by atoms with E-state index in [1.807, 2.05) is 0 Å². The molecule has 1 aliphatic rings. The van der Waals surface area contributed by atoms with Gasteiger partial charge in [0.1, 0.15) is 22.4 Å². The Morgan fingerprint density at radius 1 is 1.03 bits per heavy atom. The van der Waals surface area contributed by atoms with E-state index in [4.69, 9.17) is 4.74 Å². The van der Waals surface area contributed by atoms with E-state index in [9.17, 15) is 17.6 Å². The minimum Gasteiger partial charge on any atom is -0.489 e. The molecule has 6 nitrogen and oxygen atoms in total. The van der Waals surface area contributed by atoms with E-state index in [0.29, 0.717) is 35.0 Å². The Hall–Kier alpha value is -2.75. The largest absolute Gasteiger partial charge is 0.489 e. The molecule has 0 unspecified atom stereocenters. The maximum absolute atomic E-state index is 13.3. The van der Waals surface area contributed by atoms with Gasteiger partial charge in [0.25, 0.3) is 10.0 Å². The number of piperidine rings is 1. The lowest BCUT2D eigenvalue weighted by atomic mass is 10.2. The number of anilines is 1. The first-order valence-electron chi connectivity index (χ1n) is 10.8. The molecule has 0 atom stereocenters. The molecule has 1 aromatic heterocycles. The Morgan fingerprint density at radius 2 is 1.82 bits per heavy atom. The van der Waals surface area contributed by atoms with Crippen molar-refractivity contribution in [3.63, 3.8) is 0 Å². The highest BCUT2D eigenvalue weighted by Crippen LogP contribution is 2.27. The van der Waals surface area contributed by atoms with Crippen molar-refractivity contribution in [1.29, 1.82) is 0 Å². The number of carbonyl (C=O) groups is 1. The molecule has 1 amide bonds. The average Bonchev–Trinajstić information content (AvgIpc) is 3.28. The normalized spacial score (nSPS) is 14.7. The molecule has 0 radical (unpaired) electrons. The van der Waals surface area contributed by atoms with Gasteiger partial charge >= 0.3 is 0 Å². The van der Waals surface area contributed by atoms with Crippen molar-refractivity contribution in [3.05, 3.63) is 76.9 Å². The number of nitrogens with zero attached hydrogens (tertiary/aromatic N) is 1. The molecular formula is C24H25FN2O4S2. The zero-order chi connectivity index (χ0) is 23.3. The van der Waals surface area contributed by atoms with Gasteiger partial charge in [-0.2, -0.15) is 4.31 Å². The topological polar surface area (TPSA) is 75.7 Å². The Balaban J connectivity index is 1.34. The van der Waals surface area contributed by atoms with Crippen LogP contribution < -0.4 is 10.1 Å². The number of rotatable bonds is 8. The van der Waals surface area contributed by atoms with Gasteiger partial charge in [0.05, 0.1) is 6.42 Å². The number of hydrogen-bond donors (Lipinski definition) is 1. The second-order valence-corrected chi connectivity index (χ2v) is 11.2. The van der Waals surface area contributed by atoms with Crippen molar-refractivity contribution in [2.24, 2.45) is 0 Å². The summed E-state index contributed by atoms with van der Waals surface area (Å²) in [7, 11) is -3.49. The number of thiophene rings is 1. The van der Waals surface area contributed by atoms with Crippen LogP contribution in [0.3, 0.4) is 0 Å². The summed E-state index contributed by atoms with van der Waals surface area (Å²) < 4.78 is 46.4. The van der Waals surface area contributed by atoms with Gasteiger partial charge in [-0.15, -0.1) is 11.3 Å². The van der Waals surface area contributed by atoms with Crippen molar-refractivity contribution in [1.82, 2.24) is 4.31 Å². The van der Waals surface area contributed by atoms with Gasteiger partial charge in [-0.3, -0.25) is 4.79 Å². The number of benzene rings is 2. The van der Waals surface area contributed by atoms with Crippen LogP contribution in [-0.4, -0.2) is 31.7 Å². The molecule has 9 heteroatoms. The van der Waals surface area contributed by atoms with E-state index < -0.39 is 10.0 Å². The SMILES string of the molecule is O=C(Cc1ccc(S(=O)(=O)N2CCCCC2)s1)Nc1cccc(OCc2cccc(F)c2)c1. The molecule has 0 saturated carbocycles. The summed E-state index contributed by atoms with van der Waals surface area (Å²) in [4.78, 5) is 13.2. The third-order valence-corrected chi connectivity index (χ3v) is 8.74. The molecule has 0 bridgehead atoms. The molecular weight excluding hydrogens is 463 g/mol. The third-order valence-electron chi connectivity index (χ3n) is 5.29. The molecule has 4 rings (SSSR count). The van der Waals surface area contributed by atoms with Gasteiger partial charge < -0.3 is 10.1 Å². The van der Waals surface area contributed by atoms with Crippen LogP contribution in [0, 0.1) is 5.82 Å². The zero-order valence-electron chi connectivity index (χ0n) is 18.0. The molecule has 2 aromatic carbocycles. The summed E-state index contributed by atoms with van der Waals surface area (Å²) >= 11 is 1.14. The highest BCUT2D eigenvalue weighted by molar-refractivity contribution is 7.91. The number of amides is 1. The highest BCUT2D eigenvalue weighted by Gasteiger charge is 2.27. The standard InChI is InChI=1S/C24H25FN2O4S2/c25-19-7-4-6-18(14-19)17-31-21-9-5-8-20(15-21)26-23(28)16-22-10-11-24(32-22)33(29,30)27-12-2-1-3-13-27/h4-11,14-15H,1-3,12-13,16-17H2,(H,26,28). The van der Waals surface area contributed by atoms with E-state index in [1.165, 1.54) is 16.4 Å². The minimum atomic E-state index is -3.49. The zero-order valence-corrected chi connectivity index (χ0v) is 19.6. The summed E-state index contributed by atoms with van der Waals surface area (Å²) in [6.07, 6.45) is 2.89. The van der Waals surface area contributed by atoms with Crippen LogP contribution in [0.1, 0.15) is 29.7 Å². The van der Waals surface area contributed by atoms with Gasteiger partial charge in [0.2, 0.25) is 5.91 Å². The molecule has 1 N–H and O–H groups in total. The van der Waals surface area contributed by atoms with Crippen LogP contribution in [0.5, 0.6) is 5.75 Å². The lowest BCUT2D eigenvalue weighted by Crippen LogP contribution is -2.35. The maximum atomic E-state index is 13.3. The number of carbonyl (C=O) groups excluding carboxylic acids is 1. The first-order chi connectivity index (χ1) is 15.9. The monoisotopic (exact) mass is 488 g/mol. The second-order valence-electron chi connectivity index (χ2n) is 7.86. The Morgan fingerprint density at radius 3 is 2.61 bits per heavy atom. The maximum Gasteiger partial charge on any atom is 0.252 e. The number of sulfonamides is 1. The number of hydrogen-bond acceptors (Lipinski definition) is 5. The van der Waals surface area contributed by atoms with E-state index in [1.54, 1.807) is 48.5 Å². The summed E-state index contributed by atoms with van der Waals surface area (Å²) in [5.41, 5.74) is 1.27. The first kappa shape index (κ1) is 23.4. The predicted molar refractivity (Wildman–Crippen MR) is 126 cm³/mol. The molecule has 1 saturated heterocycles. The highest BCUT2D eigenvalue weighted by atomic mass is 32.2. The Labute approximate surface area is 197 Å². The molecule has 1 aliphatic heterocycles. The molecule has 3 aromatic rings. The fraction of sp³-hybridized carbons (Fsp3) is 0.292. The van der Waals surface area contributed by atoms with Crippen molar-refractivity contribution in [3.8, 4) is 5.75 Å². The van der Waals surface area contributed by atoms with Gasteiger partial charge in [0.15, 0.2) is 0 Å². The lowest BCUT2D eigenvalue weighted by molar-refractivity contribution is -0.115. The second kappa shape index (κ2) is 10.5. The Kier molecular flexibility index (Phi) is 7.42. The van der Waals surface area contributed by atoms with Crippen molar-refractivity contribution < 1.29 is 22.3 Å². The molecule has 1 fully saturated rings. The fourth-order valence-electron chi connectivity index (χ4n) is 3.64. The van der Waals surface area contributed by atoms with Gasteiger partial charge in [-0.05, 0) is 54.8 Å². The quantitative estimate of drug-likeness (QED) is 0.493. The summed E-state index contributed by atoms with van der Waals surface area (Å²) in [5, 5.41) is 2.82. The predicted octanol–water partition coefficient (Wildman–Crippen LogP) is 4.82. The van der Waals surface area contributed by atoms with Gasteiger partial charge in [-0.1, -0.05) is 24.6 Å². The first-order valence-corrected chi connectivity index (χ1v) is 13.0. The molecule has 2 heterocycles. The van der Waals surface area contributed by atoms with Crippen LogP contribution >= 0.6 is 11.3 Å². The summed E-state index contributed by atoms with van der Waals surface area (Å²) in [6.45, 7) is 1.31. The lowest BCUT2D eigenvalue weighted by Gasteiger charge is -2.25. The summed E-state index contributed by atoms with van der Waals surface area (Å²) in [6, 6.07) is 16.4. The van der Waals surface area contributed by atoms with E-state index in [0.717, 1.165) is 30.6 Å². The molecule has 0 aliphatic carbocycles. The number of halogens is 1. The van der Waals surface area contributed by atoms with E-state index >= 15 is 0 Å².